The second kappa shape index (κ2) is 14.3. The summed E-state index contributed by atoms with van der Waals surface area (Å²) in [5, 5.41) is 18.5. The third-order valence-electron chi connectivity index (χ3n) is 8.26. The van der Waals surface area contributed by atoms with E-state index in [1.54, 1.807) is 6.08 Å². The van der Waals surface area contributed by atoms with Gasteiger partial charge in [0.05, 0.1) is 0 Å². The number of rotatable bonds is 9. The van der Waals surface area contributed by atoms with Gasteiger partial charge in [-0.05, 0) is 89.4 Å². The van der Waals surface area contributed by atoms with Crippen molar-refractivity contribution >= 4 is 35.0 Å². The smallest absolute Gasteiger partial charge is 0.278 e. The van der Waals surface area contributed by atoms with Crippen molar-refractivity contribution in [2.24, 2.45) is 0 Å². The molecule has 49 heavy (non-hydrogen) atoms. The molecule has 1 aliphatic rings. The molecule has 0 saturated heterocycles. The number of hydrogen-bond acceptors (Lipinski definition) is 6. The van der Waals surface area contributed by atoms with E-state index in [4.69, 9.17) is 5.26 Å². The van der Waals surface area contributed by atoms with Crippen molar-refractivity contribution in [2.75, 3.05) is 4.90 Å². The van der Waals surface area contributed by atoms with Crippen LogP contribution in [0.5, 0.6) is 0 Å². The molecule has 2 amide bonds. The molecule has 0 saturated carbocycles. The Morgan fingerprint density at radius 3 is 1.61 bits per heavy atom. The molecule has 5 aromatic rings. The van der Waals surface area contributed by atoms with E-state index >= 15 is 0 Å². The van der Waals surface area contributed by atoms with Gasteiger partial charge in [0.25, 0.3) is 11.8 Å². The molecule has 5 aromatic carbocycles. The third kappa shape index (κ3) is 6.72. The summed E-state index contributed by atoms with van der Waals surface area (Å²) in [5.41, 5.74) is 8.45. The zero-order valence-electron chi connectivity index (χ0n) is 26.7. The fourth-order valence-corrected chi connectivity index (χ4v) is 5.68. The number of carbonyl (C=O) groups excluding carboxylic acids is 2. The molecule has 1 aliphatic heterocycles. The van der Waals surface area contributed by atoms with Crippen LogP contribution in [0.1, 0.15) is 12.5 Å². The number of nitriles is 1. The molecule has 6 rings (SSSR count). The molecule has 0 aliphatic carbocycles. The Bertz CT molecular complexity index is 2060. The van der Waals surface area contributed by atoms with Crippen molar-refractivity contribution in [3.63, 3.8) is 0 Å². The van der Waals surface area contributed by atoms with Gasteiger partial charge in [0.2, 0.25) is 5.88 Å². The zero-order chi connectivity index (χ0) is 34.3. The van der Waals surface area contributed by atoms with Gasteiger partial charge in [-0.2, -0.15) is 5.26 Å². The quantitative estimate of drug-likeness (QED) is 0.0566. The van der Waals surface area contributed by atoms with E-state index in [0.29, 0.717) is 4.90 Å². The number of nitrogens with zero attached hydrogens (tertiary/aromatic N) is 3. The lowest BCUT2D eigenvalue weighted by Gasteiger charge is -2.26. The van der Waals surface area contributed by atoms with Gasteiger partial charge in [0.15, 0.2) is 0 Å². The summed E-state index contributed by atoms with van der Waals surface area (Å²) in [7, 11) is 0. The van der Waals surface area contributed by atoms with Crippen LogP contribution < -0.4 is 4.90 Å². The number of benzene rings is 5. The summed E-state index contributed by atoms with van der Waals surface area (Å²) in [4.78, 5) is 32.4. The van der Waals surface area contributed by atoms with Gasteiger partial charge in [-0.25, -0.2) is 10.2 Å². The first-order valence-electron chi connectivity index (χ1n) is 15.5. The fourth-order valence-electron chi connectivity index (χ4n) is 5.68. The summed E-state index contributed by atoms with van der Waals surface area (Å²) in [6, 6.07) is 47.3. The molecule has 0 radical (unpaired) electrons. The van der Waals surface area contributed by atoms with Crippen LogP contribution in [-0.4, -0.2) is 22.0 Å². The monoisotopic (exact) mass is 641 g/mol. The molecule has 0 fully saturated rings. The Morgan fingerprint density at radius 1 is 0.714 bits per heavy atom. The minimum atomic E-state index is -0.908. The molecular formula is C42H31N3O4. The maximum atomic E-state index is 13.0. The predicted octanol–water partition coefficient (Wildman–Crippen LogP) is 9.60. The highest BCUT2D eigenvalue weighted by Gasteiger charge is 2.38. The maximum Gasteiger partial charge on any atom is 0.278 e. The van der Waals surface area contributed by atoms with Crippen LogP contribution in [0.2, 0.25) is 0 Å². The van der Waals surface area contributed by atoms with E-state index in [1.165, 1.54) is 13.0 Å². The molecule has 0 bridgehead atoms. The highest BCUT2D eigenvalue weighted by Crippen LogP contribution is 2.37. The minimum absolute atomic E-state index is 0.103. The van der Waals surface area contributed by atoms with Crippen LogP contribution in [-0.2, 0) is 14.5 Å². The van der Waals surface area contributed by atoms with Crippen LogP contribution >= 0.6 is 0 Å². The van der Waals surface area contributed by atoms with Crippen molar-refractivity contribution in [3.8, 4) is 28.3 Å². The van der Waals surface area contributed by atoms with Crippen LogP contribution in [0.3, 0.4) is 0 Å². The van der Waals surface area contributed by atoms with Crippen molar-refractivity contribution in [1.82, 2.24) is 4.90 Å². The summed E-state index contributed by atoms with van der Waals surface area (Å²) < 4.78 is 0. The number of amides is 2. The molecule has 0 aromatic heterocycles. The second-order valence-corrected chi connectivity index (χ2v) is 11.2. The maximum absolute atomic E-state index is 13.0. The SMILES string of the molecule is C=C(OO)N1C(=O)C(C#N)=C(C)/C(=C/C=C/c2ccc(N(c3ccc(-c4ccccc4)cc3)c3ccc(-c4ccccc4)cc3)cc2)C1=O. The molecular weight excluding hydrogens is 610 g/mol. The standard InChI is InChI=1S/C42H31N3O4/c1-29-39(41(46)44(30(2)49-48)42(47)40(29)28-43)15-9-10-31-16-22-36(23-17-31)45(37-24-18-34(19-25-37)32-11-5-3-6-12-32)38-26-20-35(21-27-38)33-13-7-4-8-14-33/h3-27,48H,2H2,1H3/b10-9+,39-15-. The Morgan fingerprint density at radius 2 is 1.16 bits per heavy atom. The lowest BCUT2D eigenvalue weighted by Crippen LogP contribution is -2.42. The number of carbonyl (C=O) groups is 2. The Kier molecular flexibility index (Phi) is 9.43. The highest BCUT2D eigenvalue weighted by atomic mass is 17.1. The molecule has 0 spiro atoms. The predicted molar refractivity (Wildman–Crippen MR) is 192 cm³/mol. The van der Waals surface area contributed by atoms with E-state index in [0.717, 1.165) is 44.9 Å². The topological polar surface area (TPSA) is 93.9 Å². The Balaban J connectivity index is 1.31. The van der Waals surface area contributed by atoms with Crippen molar-refractivity contribution in [2.45, 2.75) is 6.92 Å². The summed E-state index contributed by atoms with van der Waals surface area (Å²) in [6.45, 7) is 4.91. The first kappa shape index (κ1) is 32.2. The molecule has 0 unspecified atom stereocenters. The van der Waals surface area contributed by atoms with Gasteiger partial charge in [0, 0.05) is 22.6 Å². The van der Waals surface area contributed by atoms with Gasteiger partial charge in [-0.1, -0.05) is 109 Å². The minimum Gasteiger partial charge on any atom is -0.321 e. The average molecular weight is 642 g/mol. The lowest BCUT2D eigenvalue weighted by molar-refractivity contribution is -0.222. The molecule has 1 N–H and O–H groups in total. The number of anilines is 3. The van der Waals surface area contributed by atoms with Crippen LogP contribution in [0, 0.1) is 11.3 Å². The third-order valence-corrected chi connectivity index (χ3v) is 8.26. The lowest BCUT2D eigenvalue weighted by atomic mass is 9.95. The first-order valence-corrected chi connectivity index (χ1v) is 15.5. The van der Waals surface area contributed by atoms with Crippen LogP contribution in [0.15, 0.2) is 175 Å². The average Bonchev–Trinajstić information content (AvgIpc) is 3.15. The van der Waals surface area contributed by atoms with Crippen molar-refractivity contribution in [3.05, 3.63) is 180 Å². The van der Waals surface area contributed by atoms with E-state index in [2.05, 4.69) is 89.2 Å². The van der Waals surface area contributed by atoms with Crippen LogP contribution in [0.4, 0.5) is 17.1 Å². The normalized spacial score (nSPS) is 13.9. The fraction of sp³-hybridized carbons (Fsp3) is 0.0238. The van der Waals surface area contributed by atoms with Gasteiger partial charge >= 0.3 is 0 Å². The summed E-state index contributed by atoms with van der Waals surface area (Å²) in [6.07, 6.45) is 5.00. The molecule has 7 heteroatoms. The van der Waals surface area contributed by atoms with Gasteiger partial charge < -0.3 is 9.79 Å². The van der Waals surface area contributed by atoms with Crippen molar-refractivity contribution < 1.29 is 19.7 Å². The van der Waals surface area contributed by atoms with E-state index < -0.39 is 17.7 Å². The molecule has 7 nitrogen and oxygen atoms in total. The van der Waals surface area contributed by atoms with E-state index in [-0.39, 0.29) is 16.7 Å². The number of imide groups is 1. The van der Waals surface area contributed by atoms with E-state index in [1.807, 2.05) is 72.8 Å². The van der Waals surface area contributed by atoms with Gasteiger partial charge in [-0.3, -0.25) is 9.59 Å². The number of hydrogen-bond donors (Lipinski definition) is 1. The molecule has 1 heterocycles. The molecule has 0 atom stereocenters. The first-order chi connectivity index (χ1) is 23.9. The van der Waals surface area contributed by atoms with Crippen molar-refractivity contribution in [1.29, 1.82) is 5.26 Å². The Hall–Kier alpha value is -6.75. The number of allylic oxidation sites excluding steroid dienone is 2. The van der Waals surface area contributed by atoms with Gasteiger partial charge in [0.1, 0.15) is 11.6 Å². The molecule has 238 valence electrons. The second-order valence-electron chi connectivity index (χ2n) is 11.2. The zero-order valence-corrected chi connectivity index (χ0v) is 26.7. The van der Waals surface area contributed by atoms with Gasteiger partial charge in [-0.15, -0.1) is 0 Å². The van der Waals surface area contributed by atoms with Crippen LogP contribution in [0.25, 0.3) is 28.3 Å². The highest BCUT2D eigenvalue weighted by molar-refractivity contribution is 6.19. The summed E-state index contributed by atoms with van der Waals surface area (Å²) in [5.74, 6) is -2.25. The summed E-state index contributed by atoms with van der Waals surface area (Å²) >= 11 is 0. The van der Waals surface area contributed by atoms with E-state index in [9.17, 15) is 14.9 Å². The largest absolute Gasteiger partial charge is 0.321 e. The Labute approximate surface area is 284 Å².